The number of aromatic nitrogens is 5. The van der Waals surface area contributed by atoms with Gasteiger partial charge in [0.15, 0.2) is 5.82 Å². The van der Waals surface area contributed by atoms with E-state index >= 15 is 0 Å². The smallest absolute Gasteiger partial charge is 0.266 e. The first-order chi connectivity index (χ1) is 13.4. The van der Waals surface area contributed by atoms with E-state index in [1.807, 2.05) is 26.0 Å². The predicted octanol–water partition coefficient (Wildman–Crippen LogP) is 0.877. The number of hydrogen-bond donors (Lipinski definition) is 0. The van der Waals surface area contributed by atoms with Crippen molar-refractivity contribution in [2.45, 2.75) is 26.9 Å². The molecule has 0 N–H and O–H groups in total. The van der Waals surface area contributed by atoms with Crippen LogP contribution in [0.2, 0.25) is 0 Å². The minimum atomic E-state index is -0.102. The van der Waals surface area contributed by atoms with E-state index in [1.165, 1.54) is 4.68 Å². The molecule has 4 rings (SSSR count). The Morgan fingerprint density at radius 3 is 2.50 bits per heavy atom. The fourth-order valence-electron chi connectivity index (χ4n) is 3.65. The summed E-state index contributed by atoms with van der Waals surface area (Å²) in [6.45, 7) is 7.00. The van der Waals surface area contributed by atoms with Gasteiger partial charge in [-0.15, -0.1) is 5.10 Å². The van der Waals surface area contributed by atoms with Crippen LogP contribution in [0.15, 0.2) is 46.1 Å². The number of pyridine rings is 1. The molecule has 0 atom stereocenters. The third kappa shape index (κ3) is 3.68. The molecule has 0 bridgehead atoms. The fraction of sp³-hybridized carbons (Fsp3) is 0.400. The van der Waals surface area contributed by atoms with Gasteiger partial charge in [-0.3, -0.25) is 14.5 Å². The average molecular weight is 380 g/mol. The second kappa shape index (κ2) is 7.20. The minimum absolute atomic E-state index is 0.00583. The van der Waals surface area contributed by atoms with Crippen LogP contribution in [0.4, 0.5) is 0 Å². The summed E-state index contributed by atoms with van der Waals surface area (Å²) in [5.74, 6) is 1.02. The largest absolute Gasteiger partial charge is 0.319 e. The lowest BCUT2D eigenvalue weighted by Crippen LogP contribution is -2.49. The quantitative estimate of drug-likeness (QED) is 0.657. The normalized spacial score (nSPS) is 15.0. The number of likely N-dealkylation sites (tertiary alicyclic amines) is 1. The van der Waals surface area contributed by atoms with E-state index in [0.29, 0.717) is 18.3 Å². The summed E-state index contributed by atoms with van der Waals surface area (Å²) in [6, 6.07) is 8.89. The average Bonchev–Trinajstić information content (AvgIpc) is 2.96. The Hall–Kier alpha value is -3.00. The lowest BCUT2D eigenvalue weighted by atomic mass is 9.99. The van der Waals surface area contributed by atoms with Crippen molar-refractivity contribution < 1.29 is 0 Å². The van der Waals surface area contributed by atoms with Gasteiger partial charge in [0, 0.05) is 56.6 Å². The van der Waals surface area contributed by atoms with Crippen LogP contribution >= 0.6 is 0 Å². The second-order valence-corrected chi connectivity index (χ2v) is 7.60. The molecule has 0 unspecified atom stereocenters. The Morgan fingerprint density at radius 2 is 1.82 bits per heavy atom. The van der Waals surface area contributed by atoms with Crippen LogP contribution < -0.4 is 11.1 Å². The summed E-state index contributed by atoms with van der Waals surface area (Å²) >= 11 is 0. The summed E-state index contributed by atoms with van der Waals surface area (Å²) in [5.41, 5.74) is 2.83. The SMILES string of the molecule is Cc1cc(C)n(-c2ccc(=O)n(CC3CN(Cc4ccn(C)c(=O)c4)C3)n2)n1. The molecule has 3 aromatic heterocycles. The molecule has 0 spiro atoms. The van der Waals surface area contributed by atoms with Gasteiger partial charge in [0.1, 0.15) is 0 Å². The molecule has 8 nitrogen and oxygen atoms in total. The first-order valence-electron chi connectivity index (χ1n) is 9.39. The van der Waals surface area contributed by atoms with Crippen molar-refractivity contribution in [1.82, 2.24) is 29.0 Å². The molecule has 0 radical (unpaired) electrons. The number of nitrogens with zero attached hydrogens (tertiary/aromatic N) is 6. The molecule has 0 aromatic carbocycles. The van der Waals surface area contributed by atoms with E-state index in [1.54, 1.807) is 40.7 Å². The van der Waals surface area contributed by atoms with E-state index in [-0.39, 0.29) is 11.1 Å². The van der Waals surface area contributed by atoms with Gasteiger partial charge in [-0.2, -0.15) is 5.10 Å². The molecular formula is C20H24N6O2. The van der Waals surface area contributed by atoms with Gasteiger partial charge in [0.25, 0.3) is 11.1 Å². The zero-order chi connectivity index (χ0) is 19.8. The van der Waals surface area contributed by atoms with E-state index < -0.39 is 0 Å². The van der Waals surface area contributed by atoms with E-state index in [0.717, 1.165) is 36.6 Å². The maximum atomic E-state index is 12.2. The minimum Gasteiger partial charge on any atom is -0.319 e. The Bertz CT molecular complexity index is 1120. The maximum absolute atomic E-state index is 12.2. The Morgan fingerprint density at radius 1 is 1.04 bits per heavy atom. The van der Waals surface area contributed by atoms with Crippen molar-refractivity contribution >= 4 is 0 Å². The van der Waals surface area contributed by atoms with Crippen LogP contribution in [-0.2, 0) is 20.1 Å². The third-order valence-corrected chi connectivity index (χ3v) is 5.12. The van der Waals surface area contributed by atoms with Gasteiger partial charge in [0.2, 0.25) is 0 Å². The van der Waals surface area contributed by atoms with Crippen molar-refractivity contribution in [3.05, 3.63) is 74.2 Å². The molecule has 0 aliphatic carbocycles. The monoisotopic (exact) mass is 380 g/mol. The van der Waals surface area contributed by atoms with Crippen molar-refractivity contribution in [2.24, 2.45) is 13.0 Å². The molecule has 4 heterocycles. The molecule has 1 saturated heterocycles. The predicted molar refractivity (Wildman–Crippen MR) is 106 cm³/mol. The number of hydrogen-bond acceptors (Lipinski definition) is 5. The highest BCUT2D eigenvalue weighted by atomic mass is 16.1. The van der Waals surface area contributed by atoms with Crippen LogP contribution in [-0.4, -0.2) is 42.1 Å². The van der Waals surface area contributed by atoms with E-state index in [4.69, 9.17) is 0 Å². The standard InChI is InChI=1S/C20H24N6O2/c1-14-8-15(2)26(21-14)18-4-5-19(27)25(22-18)13-17-11-24(12-17)10-16-6-7-23(3)20(28)9-16/h4-9,17H,10-13H2,1-3H3. The molecular weight excluding hydrogens is 356 g/mol. The summed E-state index contributed by atoms with van der Waals surface area (Å²) in [4.78, 5) is 26.2. The Kier molecular flexibility index (Phi) is 4.72. The lowest BCUT2D eigenvalue weighted by Gasteiger charge is -2.39. The fourth-order valence-corrected chi connectivity index (χ4v) is 3.65. The van der Waals surface area contributed by atoms with Gasteiger partial charge in [-0.25, -0.2) is 9.36 Å². The van der Waals surface area contributed by atoms with Crippen molar-refractivity contribution in [1.29, 1.82) is 0 Å². The highest BCUT2D eigenvalue weighted by Crippen LogP contribution is 2.19. The highest BCUT2D eigenvalue weighted by molar-refractivity contribution is 5.23. The van der Waals surface area contributed by atoms with Crippen LogP contribution in [0.5, 0.6) is 0 Å². The van der Waals surface area contributed by atoms with Crippen molar-refractivity contribution in [3.63, 3.8) is 0 Å². The van der Waals surface area contributed by atoms with E-state index in [9.17, 15) is 9.59 Å². The van der Waals surface area contributed by atoms with Gasteiger partial charge < -0.3 is 4.57 Å². The van der Waals surface area contributed by atoms with Crippen molar-refractivity contribution in [3.8, 4) is 5.82 Å². The molecule has 8 heteroatoms. The first-order valence-corrected chi connectivity index (χ1v) is 9.39. The molecule has 0 saturated carbocycles. The second-order valence-electron chi connectivity index (χ2n) is 7.60. The molecule has 146 valence electrons. The third-order valence-electron chi connectivity index (χ3n) is 5.12. The Labute approximate surface area is 162 Å². The van der Waals surface area contributed by atoms with Crippen LogP contribution in [0, 0.1) is 19.8 Å². The van der Waals surface area contributed by atoms with Gasteiger partial charge >= 0.3 is 0 Å². The van der Waals surface area contributed by atoms with Gasteiger partial charge in [-0.05, 0) is 37.6 Å². The maximum Gasteiger partial charge on any atom is 0.266 e. The van der Waals surface area contributed by atoms with E-state index in [2.05, 4.69) is 15.1 Å². The van der Waals surface area contributed by atoms with Gasteiger partial charge in [-0.1, -0.05) is 0 Å². The summed E-state index contributed by atoms with van der Waals surface area (Å²) in [7, 11) is 1.75. The molecule has 28 heavy (non-hydrogen) atoms. The summed E-state index contributed by atoms with van der Waals surface area (Å²) in [6.07, 6.45) is 1.79. The zero-order valence-electron chi connectivity index (χ0n) is 16.4. The highest BCUT2D eigenvalue weighted by Gasteiger charge is 2.27. The lowest BCUT2D eigenvalue weighted by molar-refractivity contribution is 0.0765. The van der Waals surface area contributed by atoms with Crippen LogP contribution in [0.25, 0.3) is 5.82 Å². The zero-order valence-corrected chi connectivity index (χ0v) is 16.4. The number of rotatable bonds is 5. The topological polar surface area (TPSA) is 78.0 Å². The van der Waals surface area contributed by atoms with Gasteiger partial charge in [0.05, 0.1) is 12.2 Å². The molecule has 3 aromatic rings. The van der Waals surface area contributed by atoms with Crippen LogP contribution in [0.3, 0.4) is 0 Å². The first kappa shape index (κ1) is 18.4. The summed E-state index contributed by atoms with van der Waals surface area (Å²) in [5, 5.41) is 8.95. The summed E-state index contributed by atoms with van der Waals surface area (Å²) < 4.78 is 4.86. The molecule has 1 aliphatic rings. The molecule has 0 amide bonds. The Balaban J connectivity index is 1.41. The van der Waals surface area contributed by atoms with Crippen LogP contribution in [0.1, 0.15) is 17.0 Å². The van der Waals surface area contributed by atoms with Crippen molar-refractivity contribution in [2.75, 3.05) is 13.1 Å². The number of aryl methyl sites for hydroxylation is 3. The molecule has 1 fully saturated rings. The molecule has 1 aliphatic heterocycles.